The Balaban J connectivity index is 1.32. The molecule has 1 aliphatic heterocycles. The van der Waals surface area contributed by atoms with Gasteiger partial charge in [-0.25, -0.2) is 0 Å². The largest absolute Gasteiger partial charge is 0.491 e. The van der Waals surface area contributed by atoms with Crippen LogP contribution in [0.25, 0.3) is 11.3 Å². The molecule has 176 valence electrons. The second-order valence-corrected chi connectivity index (χ2v) is 9.24. The number of aromatic nitrogens is 1. The van der Waals surface area contributed by atoms with E-state index in [2.05, 4.69) is 27.3 Å². The number of oxazole rings is 1. The van der Waals surface area contributed by atoms with Crippen molar-refractivity contribution in [2.45, 2.75) is 65.3 Å². The van der Waals surface area contributed by atoms with Crippen LogP contribution in [0, 0.1) is 0 Å². The first kappa shape index (κ1) is 23.2. The minimum absolute atomic E-state index is 0.131. The molecule has 1 saturated heterocycles. The fourth-order valence-corrected chi connectivity index (χ4v) is 4.15. The summed E-state index contributed by atoms with van der Waals surface area (Å²) in [5.41, 5.74) is 3.14. The van der Waals surface area contributed by atoms with Crippen molar-refractivity contribution in [1.82, 2.24) is 9.88 Å². The van der Waals surface area contributed by atoms with E-state index in [1.165, 1.54) is 5.56 Å². The summed E-state index contributed by atoms with van der Waals surface area (Å²) in [4.78, 5) is 7.09. The lowest BCUT2D eigenvalue weighted by Gasteiger charge is -2.32. The van der Waals surface area contributed by atoms with Gasteiger partial charge in [0.15, 0.2) is 0 Å². The molecule has 1 aliphatic rings. The Morgan fingerprint density at radius 2 is 1.61 bits per heavy atom. The van der Waals surface area contributed by atoms with Crippen LogP contribution in [0.3, 0.4) is 0 Å². The monoisotopic (exact) mass is 449 g/mol. The summed E-state index contributed by atoms with van der Waals surface area (Å²) < 4.78 is 17.6. The fraction of sp³-hybridized carbons (Fsp3) is 0.444. The highest BCUT2D eigenvalue weighted by molar-refractivity contribution is 5.59. The SMILES string of the molecule is CC(C)Oc1cc(CN2CCC(Nc3nc(-c4ccccc4)co3)CC2)cc(OC(C)C)c1. The van der Waals surface area contributed by atoms with Crippen molar-refractivity contribution in [3.8, 4) is 22.8 Å². The number of benzene rings is 2. The molecule has 0 atom stereocenters. The van der Waals surface area contributed by atoms with Gasteiger partial charge in [0.25, 0.3) is 6.01 Å². The predicted octanol–water partition coefficient (Wildman–Crippen LogP) is 5.99. The molecular weight excluding hydrogens is 414 g/mol. The van der Waals surface area contributed by atoms with Crippen molar-refractivity contribution < 1.29 is 13.9 Å². The van der Waals surface area contributed by atoms with E-state index in [0.717, 1.165) is 55.2 Å². The Hall–Kier alpha value is -2.99. The van der Waals surface area contributed by atoms with Crippen LogP contribution in [0.1, 0.15) is 46.1 Å². The number of rotatable bonds is 9. The van der Waals surface area contributed by atoms with E-state index in [4.69, 9.17) is 13.9 Å². The van der Waals surface area contributed by atoms with Crippen LogP contribution >= 0.6 is 0 Å². The van der Waals surface area contributed by atoms with Gasteiger partial charge in [-0.3, -0.25) is 4.90 Å². The topological polar surface area (TPSA) is 59.8 Å². The van der Waals surface area contributed by atoms with Gasteiger partial charge in [0.1, 0.15) is 23.5 Å². The summed E-state index contributed by atoms with van der Waals surface area (Å²) in [5, 5.41) is 3.47. The maximum Gasteiger partial charge on any atom is 0.295 e. The molecule has 4 rings (SSSR count). The second-order valence-electron chi connectivity index (χ2n) is 9.24. The summed E-state index contributed by atoms with van der Waals surface area (Å²) in [7, 11) is 0. The maximum atomic E-state index is 5.96. The van der Waals surface area contributed by atoms with E-state index < -0.39 is 0 Å². The Morgan fingerprint density at radius 1 is 0.970 bits per heavy atom. The summed E-state index contributed by atoms with van der Waals surface area (Å²) >= 11 is 0. The molecule has 0 spiro atoms. The zero-order valence-corrected chi connectivity index (χ0v) is 20.1. The lowest BCUT2D eigenvalue weighted by Crippen LogP contribution is -2.38. The van der Waals surface area contributed by atoms with Gasteiger partial charge >= 0.3 is 0 Å². The van der Waals surface area contributed by atoms with E-state index in [9.17, 15) is 0 Å². The highest BCUT2D eigenvalue weighted by atomic mass is 16.5. The molecule has 3 aromatic rings. The summed E-state index contributed by atoms with van der Waals surface area (Å²) in [5.74, 6) is 1.74. The summed E-state index contributed by atoms with van der Waals surface area (Å²) in [6.45, 7) is 11.1. The number of ether oxygens (including phenoxy) is 2. The van der Waals surface area contributed by atoms with Crippen molar-refractivity contribution in [1.29, 1.82) is 0 Å². The number of hydrogen-bond donors (Lipinski definition) is 1. The fourth-order valence-electron chi connectivity index (χ4n) is 4.15. The molecule has 0 radical (unpaired) electrons. The average Bonchev–Trinajstić information content (AvgIpc) is 3.23. The van der Waals surface area contributed by atoms with Gasteiger partial charge in [-0.1, -0.05) is 30.3 Å². The molecule has 2 heterocycles. The lowest BCUT2D eigenvalue weighted by atomic mass is 10.0. The molecule has 1 aromatic heterocycles. The van der Waals surface area contributed by atoms with Gasteiger partial charge in [-0.15, -0.1) is 0 Å². The Labute approximate surface area is 196 Å². The zero-order chi connectivity index (χ0) is 23.2. The standard InChI is InChI=1S/C27H35N3O3/c1-19(2)32-24-14-21(15-25(16-24)33-20(3)4)17-30-12-10-23(11-13-30)28-27-29-26(18-31-27)22-8-6-5-7-9-22/h5-9,14-16,18-20,23H,10-13,17H2,1-4H3,(H,28,29). The van der Waals surface area contributed by atoms with Crippen LogP contribution in [-0.4, -0.2) is 41.2 Å². The highest BCUT2D eigenvalue weighted by Gasteiger charge is 2.21. The van der Waals surface area contributed by atoms with Crippen LogP contribution in [0.5, 0.6) is 11.5 Å². The number of likely N-dealkylation sites (tertiary alicyclic amines) is 1. The minimum atomic E-state index is 0.131. The molecule has 6 heteroatoms. The molecular formula is C27H35N3O3. The van der Waals surface area contributed by atoms with Crippen LogP contribution in [0.4, 0.5) is 6.01 Å². The van der Waals surface area contributed by atoms with Gasteiger partial charge in [0, 0.05) is 37.3 Å². The zero-order valence-electron chi connectivity index (χ0n) is 20.1. The molecule has 0 bridgehead atoms. The number of anilines is 1. The smallest absolute Gasteiger partial charge is 0.295 e. The van der Waals surface area contributed by atoms with Crippen molar-refractivity contribution in [2.24, 2.45) is 0 Å². The normalized spacial score (nSPS) is 15.2. The first-order valence-electron chi connectivity index (χ1n) is 11.9. The van der Waals surface area contributed by atoms with E-state index in [1.54, 1.807) is 6.26 Å². The molecule has 0 amide bonds. The minimum Gasteiger partial charge on any atom is -0.491 e. The third kappa shape index (κ3) is 6.75. The van der Waals surface area contributed by atoms with Crippen LogP contribution in [-0.2, 0) is 6.54 Å². The summed E-state index contributed by atoms with van der Waals surface area (Å²) in [6, 6.07) is 17.3. The van der Waals surface area contributed by atoms with Crippen LogP contribution < -0.4 is 14.8 Å². The number of nitrogens with one attached hydrogen (secondary N) is 1. The molecule has 0 aliphatic carbocycles. The Bertz CT molecular complexity index is 980. The van der Waals surface area contributed by atoms with Crippen molar-refractivity contribution in [3.05, 3.63) is 60.4 Å². The third-order valence-electron chi connectivity index (χ3n) is 5.58. The molecule has 33 heavy (non-hydrogen) atoms. The average molecular weight is 450 g/mol. The number of nitrogens with zero attached hydrogens (tertiary/aromatic N) is 2. The first-order valence-corrected chi connectivity index (χ1v) is 11.9. The first-order chi connectivity index (χ1) is 15.9. The Kier molecular flexibility index (Phi) is 7.55. The molecule has 1 N–H and O–H groups in total. The van der Waals surface area contributed by atoms with Crippen molar-refractivity contribution in [3.63, 3.8) is 0 Å². The Morgan fingerprint density at radius 3 is 2.21 bits per heavy atom. The highest BCUT2D eigenvalue weighted by Crippen LogP contribution is 2.27. The molecule has 2 aromatic carbocycles. The number of piperidine rings is 1. The second kappa shape index (κ2) is 10.8. The quantitative estimate of drug-likeness (QED) is 0.433. The van der Waals surface area contributed by atoms with Crippen molar-refractivity contribution in [2.75, 3.05) is 18.4 Å². The van der Waals surface area contributed by atoms with E-state index in [0.29, 0.717) is 12.1 Å². The maximum absolute atomic E-state index is 5.96. The molecule has 1 fully saturated rings. The number of hydrogen-bond acceptors (Lipinski definition) is 6. The van der Waals surface area contributed by atoms with Crippen LogP contribution in [0.15, 0.2) is 59.2 Å². The van der Waals surface area contributed by atoms with E-state index >= 15 is 0 Å². The molecule has 6 nitrogen and oxygen atoms in total. The lowest BCUT2D eigenvalue weighted by molar-refractivity contribution is 0.206. The summed E-state index contributed by atoms with van der Waals surface area (Å²) in [6.07, 6.45) is 4.06. The van der Waals surface area contributed by atoms with E-state index in [-0.39, 0.29) is 12.2 Å². The molecule has 0 unspecified atom stereocenters. The van der Waals surface area contributed by atoms with Gasteiger partial charge in [-0.2, -0.15) is 4.98 Å². The van der Waals surface area contributed by atoms with Gasteiger partial charge in [-0.05, 0) is 58.2 Å². The van der Waals surface area contributed by atoms with Crippen molar-refractivity contribution >= 4 is 6.01 Å². The van der Waals surface area contributed by atoms with Gasteiger partial charge in [0.05, 0.1) is 12.2 Å². The predicted molar refractivity (Wildman–Crippen MR) is 132 cm³/mol. The van der Waals surface area contributed by atoms with Gasteiger partial charge in [0.2, 0.25) is 0 Å². The van der Waals surface area contributed by atoms with E-state index in [1.807, 2.05) is 64.1 Å². The van der Waals surface area contributed by atoms with Gasteiger partial charge < -0.3 is 19.2 Å². The van der Waals surface area contributed by atoms with Crippen LogP contribution in [0.2, 0.25) is 0 Å². The molecule has 0 saturated carbocycles. The third-order valence-corrected chi connectivity index (χ3v) is 5.58.